The summed E-state index contributed by atoms with van der Waals surface area (Å²) < 4.78 is 5.12. The van der Waals surface area contributed by atoms with Gasteiger partial charge in [0.1, 0.15) is 15.5 Å². The molecule has 0 spiro atoms. The van der Waals surface area contributed by atoms with Crippen molar-refractivity contribution in [2.45, 2.75) is 13.8 Å². The quantitative estimate of drug-likeness (QED) is 0.601. The summed E-state index contributed by atoms with van der Waals surface area (Å²) in [5.74, 6) is -0.528. The van der Waals surface area contributed by atoms with Crippen LogP contribution in [-0.2, 0) is 9.53 Å². The zero-order valence-electron chi connectivity index (χ0n) is 14.1. The number of aryl methyl sites for hydroxylation is 2. The van der Waals surface area contributed by atoms with Gasteiger partial charge in [-0.15, -0.1) is 24.5 Å². The molecule has 0 aromatic carbocycles. The second kappa shape index (κ2) is 7.89. The van der Waals surface area contributed by atoms with Crippen LogP contribution in [0.4, 0.5) is 0 Å². The fourth-order valence-electron chi connectivity index (χ4n) is 2.32. The molecule has 1 N–H and O–H groups in total. The Kier molecular flexibility index (Phi) is 5.87. The van der Waals surface area contributed by atoms with Crippen molar-refractivity contribution in [3.8, 4) is 0 Å². The van der Waals surface area contributed by atoms with Crippen molar-refractivity contribution in [1.29, 1.82) is 0 Å². The van der Waals surface area contributed by atoms with E-state index in [4.69, 9.17) is 4.74 Å². The van der Waals surface area contributed by atoms with Crippen molar-refractivity contribution in [2.24, 2.45) is 0 Å². The second-order valence-corrected chi connectivity index (χ2v) is 6.34. The van der Waals surface area contributed by atoms with Gasteiger partial charge in [0.25, 0.3) is 11.5 Å². The van der Waals surface area contributed by atoms with Crippen molar-refractivity contribution in [1.82, 2.24) is 14.9 Å². The van der Waals surface area contributed by atoms with E-state index in [2.05, 4.69) is 23.1 Å². The third-order valence-electron chi connectivity index (χ3n) is 3.48. The lowest BCUT2D eigenvalue weighted by Gasteiger charge is -2.18. The fraction of sp³-hybridized carbons (Fsp3) is 0.294. The molecule has 0 saturated carbocycles. The summed E-state index contributed by atoms with van der Waals surface area (Å²) in [6, 6.07) is 0. The molecule has 2 aromatic rings. The van der Waals surface area contributed by atoms with Crippen LogP contribution < -0.4 is 5.56 Å². The molecular weight excluding hydrogens is 342 g/mol. The summed E-state index contributed by atoms with van der Waals surface area (Å²) in [5.41, 5.74) is 0.203. The number of ether oxygens (including phenoxy) is 1. The molecule has 0 aliphatic heterocycles. The van der Waals surface area contributed by atoms with E-state index in [0.717, 1.165) is 11.3 Å². The van der Waals surface area contributed by atoms with Crippen LogP contribution in [0.25, 0.3) is 10.2 Å². The molecule has 0 fully saturated rings. The van der Waals surface area contributed by atoms with Gasteiger partial charge in [-0.3, -0.25) is 9.59 Å². The van der Waals surface area contributed by atoms with Gasteiger partial charge in [-0.1, -0.05) is 12.2 Å². The number of hydrogen-bond donors (Lipinski definition) is 1. The number of aromatic amines is 1. The van der Waals surface area contributed by atoms with Gasteiger partial charge in [-0.25, -0.2) is 9.78 Å². The molecule has 2 aromatic heterocycles. The normalized spacial score (nSPS) is 10.5. The molecule has 0 atom stereocenters. The van der Waals surface area contributed by atoms with E-state index in [1.807, 2.05) is 0 Å². The topological polar surface area (TPSA) is 92.4 Å². The smallest absolute Gasteiger partial charge is 0.349 e. The minimum atomic E-state index is -0.650. The SMILES string of the molecule is C=CCN(CC=C)C(=O)COC(=O)c1sc2nc(C)[nH]c(=O)c2c1C. The van der Waals surface area contributed by atoms with Gasteiger partial charge in [0.2, 0.25) is 0 Å². The molecular formula is C17H19N3O4S. The molecule has 0 unspecified atom stereocenters. The number of carbonyl (C=O) groups excluding carboxylic acids is 2. The minimum Gasteiger partial charge on any atom is -0.451 e. The van der Waals surface area contributed by atoms with Crippen LogP contribution in [0.1, 0.15) is 21.1 Å². The van der Waals surface area contributed by atoms with Crippen LogP contribution in [0.5, 0.6) is 0 Å². The van der Waals surface area contributed by atoms with Gasteiger partial charge in [-0.05, 0) is 19.4 Å². The first-order valence-corrected chi connectivity index (χ1v) is 8.37. The summed E-state index contributed by atoms with van der Waals surface area (Å²) in [4.78, 5) is 45.5. The zero-order chi connectivity index (χ0) is 18.6. The summed E-state index contributed by atoms with van der Waals surface area (Å²) in [7, 11) is 0. The number of nitrogens with one attached hydrogen (secondary N) is 1. The summed E-state index contributed by atoms with van der Waals surface area (Å²) in [6.45, 7) is 10.8. The average Bonchev–Trinajstić information content (AvgIpc) is 2.88. The molecule has 0 radical (unpaired) electrons. The average molecular weight is 361 g/mol. The van der Waals surface area contributed by atoms with E-state index >= 15 is 0 Å². The van der Waals surface area contributed by atoms with Crippen LogP contribution in [0.2, 0.25) is 0 Å². The van der Waals surface area contributed by atoms with E-state index in [1.54, 1.807) is 26.0 Å². The summed E-state index contributed by atoms with van der Waals surface area (Å²) in [6.07, 6.45) is 3.17. The highest BCUT2D eigenvalue weighted by Gasteiger charge is 2.21. The van der Waals surface area contributed by atoms with Gasteiger partial charge in [0, 0.05) is 13.1 Å². The molecule has 0 aliphatic carbocycles. The number of hydrogen-bond acceptors (Lipinski definition) is 6. The van der Waals surface area contributed by atoms with Crippen LogP contribution >= 0.6 is 11.3 Å². The Morgan fingerprint density at radius 1 is 1.28 bits per heavy atom. The summed E-state index contributed by atoms with van der Waals surface area (Å²) >= 11 is 1.08. The Morgan fingerprint density at radius 2 is 1.92 bits per heavy atom. The molecule has 0 bridgehead atoms. The number of H-pyrrole nitrogens is 1. The number of thiophene rings is 1. The lowest BCUT2D eigenvalue weighted by atomic mass is 10.2. The molecule has 1 amide bonds. The maximum absolute atomic E-state index is 12.3. The number of nitrogens with zero attached hydrogens (tertiary/aromatic N) is 2. The van der Waals surface area contributed by atoms with Crippen LogP contribution in [0, 0.1) is 13.8 Å². The number of aromatic nitrogens is 2. The van der Waals surface area contributed by atoms with Gasteiger partial charge in [0.05, 0.1) is 5.39 Å². The van der Waals surface area contributed by atoms with Crippen molar-refractivity contribution in [2.75, 3.05) is 19.7 Å². The first-order chi connectivity index (χ1) is 11.9. The molecule has 2 rings (SSSR count). The standard InChI is InChI=1S/C17H19N3O4S/c1-5-7-20(8-6-2)12(21)9-24-17(23)14-10(3)13-15(22)18-11(4)19-16(13)25-14/h5-6H,1-2,7-9H2,3-4H3,(H,18,19,22). The van der Waals surface area contributed by atoms with E-state index in [0.29, 0.717) is 34.7 Å². The molecule has 2 heterocycles. The van der Waals surface area contributed by atoms with Crippen molar-refractivity contribution < 1.29 is 14.3 Å². The Bertz CT molecular complexity index is 887. The Balaban J connectivity index is 2.17. The predicted octanol–water partition coefficient (Wildman–Crippen LogP) is 1.96. The Morgan fingerprint density at radius 3 is 2.52 bits per heavy atom. The molecule has 132 valence electrons. The third kappa shape index (κ3) is 4.03. The van der Waals surface area contributed by atoms with E-state index in [-0.39, 0.29) is 16.3 Å². The van der Waals surface area contributed by atoms with Crippen LogP contribution in [-0.4, -0.2) is 46.4 Å². The Labute approximate surface area is 148 Å². The van der Waals surface area contributed by atoms with Crippen molar-refractivity contribution >= 4 is 33.4 Å². The second-order valence-electron chi connectivity index (χ2n) is 5.34. The maximum Gasteiger partial charge on any atom is 0.349 e. The van der Waals surface area contributed by atoms with Crippen LogP contribution in [0.15, 0.2) is 30.1 Å². The monoisotopic (exact) mass is 361 g/mol. The third-order valence-corrected chi connectivity index (χ3v) is 4.65. The number of fused-ring (bicyclic) bond motifs is 1. The highest BCUT2D eigenvalue weighted by atomic mass is 32.1. The number of rotatable bonds is 7. The molecule has 8 heteroatoms. The molecule has 0 saturated heterocycles. The van der Waals surface area contributed by atoms with Gasteiger partial charge in [0.15, 0.2) is 6.61 Å². The number of amides is 1. The largest absolute Gasteiger partial charge is 0.451 e. The minimum absolute atomic E-state index is 0.269. The predicted molar refractivity (Wildman–Crippen MR) is 97.0 cm³/mol. The maximum atomic E-state index is 12.3. The Hall–Kier alpha value is -2.74. The van der Waals surface area contributed by atoms with Crippen molar-refractivity contribution in [3.05, 3.63) is 51.9 Å². The fourth-order valence-corrected chi connectivity index (χ4v) is 3.44. The van der Waals surface area contributed by atoms with Crippen LogP contribution in [0.3, 0.4) is 0 Å². The highest BCUT2D eigenvalue weighted by molar-refractivity contribution is 7.20. The van der Waals surface area contributed by atoms with Crippen molar-refractivity contribution in [3.63, 3.8) is 0 Å². The van der Waals surface area contributed by atoms with E-state index in [9.17, 15) is 14.4 Å². The lowest BCUT2D eigenvalue weighted by molar-refractivity contribution is -0.133. The van der Waals surface area contributed by atoms with E-state index < -0.39 is 12.6 Å². The highest BCUT2D eigenvalue weighted by Crippen LogP contribution is 2.27. The molecule has 7 nitrogen and oxygen atoms in total. The first-order valence-electron chi connectivity index (χ1n) is 7.55. The molecule has 25 heavy (non-hydrogen) atoms. The first kappa shape index (κ1) is 18.6. The van der Waals surface area contributed by atoms with E-state index in [1.165, 1.54) is 4.90 Å². The molecule has 0 aliphatic rings. The van der Waals surface area contributed by atoms with Gasteiger partial charge < -0.3 is 14.6 Å². The van der Waals surface area contributed by atoms with Gasteiger partial charge in [-0.2, -0.15) is 0 Å². The summed E-state index contributed by atoms with van der Waals surface area (Å²) in [5, 5.41) is 0.369. The number of carbonyl (C=O) groups is 2. The lowest BCUT2D eigenvalue weighted by Crippen LogP contribution is -2.34. The van der Waals surface area contributed by atoms with Gasteiger partial charge >= 0.3 is 5.97 Å². The number of esters is 1. The zero-order valence-corrected chi connectivity index (χ0v) is 14.9.